The highest BCUT2D eigenvalue weighted by Gasteiger charge is 2.18. The van der Waals surface area contributed by atoms with Gasteiger partial charge in [0.1, 0.15) is 18.1 Å². The fourth-order valence-corrected chi connectivity index (χ4v) is 3.06. The molecule has 4 rings (SSSR count). The number of anilines is 1. The molecule has 0 N–H and O–H groups in total. The van der Waals surface area contributed by atoms with Crippen LogP contribution in [-0.2, 0) is 11.3 Å². The van der Waals surface area contributed by atoms with Crippen molar-refractivity contribution < 1.29 is 22.8 Å². The predicted octanol–water partition coefficient (Wildman–Crippen LogP) is 4.15. The van der Waals surface area contributed by atoms with E-state index in [9.17, 15) is 13.6 Å². The van der Waals surface area contributed by atoms with Crippen molar-refractivity contribution in [3.63, 3.8) is 0 Å². The summed E-state index contributed by atoms with van der Waals surface area (Å²) >= 11 is 0. The number of methoxy groups -OCH3 is 1. The molecule has 0 radical (unpaired) electrons. The minimum absolute atomic E-state index is 0.00505. The molecule has 7 nitrogen and oxygen atoms in total. The van der Waals surface area contributed by atoms with E-state index in [2.05, 4.69) is 10.1 Å². The molecule has 4 aromatic rings. The molecule has 0 unspecified atom stereocenters. The summed E-state index contributed by atoms with van der Waals surface area (Å²) < 4.78 is 39.0. The van der Waals surface area contributed by atoms with Gasteiger partial charge >= 0.3 is 0 Å². The SMILES string of the molecule is COc1ccc(-c2noc(-c3cccn3CC(=O)N(C)c3ccc(F)cc3)n2)cc1F. The van der Waals surface area contributed by atoms with Crippen LogP contribution in [0.1, 0.15) is 0 Å². The van der Waals surface area contributed by atoms with Crippen molar-refractivity contribution in [3.8, 4) is 28.7 Å². The van der Waals surface area contributed by atoms with Crippen LogP contribution in [0.4, 0.5) is 14.5 Å². The van der Waals surface area contributed by atoms with E-state index in [1.165, 1.54) is 48.4 Å². The number of halogens is 2. The van der Waals surface area contributed by atoms with E-state index in [1.807, 2.05) is 0 Å². The fourth-order valence-electron chi connectivity index (χ4n) is 3.06. The van der Waals surface area contributed by atoms with Crippen molar-refractivity contribution in [3.05, 3.63) is 72.4 Å². The normalized spacial score (nSPS) is 10.8. The van der Waals surface area contributed by atoms with Crippen LogP contribution in [0.3, 0.4) is 0 Å². The third kappa shape index (κ3) is 4.16. The van der Waals surface area contributed by atoms with Gasteiger partial charge in [-0.2, -0.15) is 4.98 Å². The molecule has 2 heterocycles. The van der Waals surface area contributed by atoms with E-state index in [1.54, 1.807) is 36.0 Å². The lowest BCUT2D eigenvalue weighted by Crippen LogP contribution is -2.30. The minimum Gasteiger partial charge on any atom is -0.494 e. The molecule has 0 aliphatic carbocycles. The first-order valence-corrected chi connectivity index (χ1v) is 9.31. The summed E-state index contributed by atoms with van der Waals surface area (Å²) in [6.07, 6.45) is 1.71. The van der Waals surface area contributed by atoms with Crippen LogP contribution in [0.15, 0.2) is 65.3 Å². The zero-order chi connectivity index (χ0) is 22.0. The molecule has 1 amide bonds. The summed E-state index contributed by atoms with van der Waals surface area (Å²) in [6.45, 7) is 0.00505. The Morgan fingerprint density at radius 1 is 1.16 bits per heavy atom. The van der Waals surface area contributed by atoms with Gasteiger partial charge in [0.15, 0.2) is 11.6 Å². The van der Waals surface area contributed by atoms with Crippen molar-refractivity contribution in [2.45, 2.75) is 6.54 Å². The summed E-state index contributed by atoms with van der Waals surface area (Å²) in [5, 5.41) is 3.91. The van der Waals surface area contributed by atoms with Crippen molar-refractivity contribution >= 4 is 11.6 Å². The van der Waals surface area contributed by atoms with Crippen molar-refractivity contribution in [1.29, 1.82) is 0 Å². The Morgan fingerprint density at radius 3 is 2.65 bits per heavy atom. The maximum absolute atomic E-state index is 14.0. The molecular formula is C22H18F2N4O3. The van der Waals surface area contributed by atoms with Crippen molar-refractivity contribution in [1.82, 2.24) is 14.7 Å². The van der Waals surface area contributed by atoms with Crippen LogP contribution in [-0.4, -0.2) is 34.8 Å². The second kappa shape index (κ2) is 8.39. The molecule has 0 aliphatic heterocycles. The third-order valence-corrected chi connectivity index (χ3v) is 4.78. The zero-order valence-electron chi connectivity index (χ0n) is 16.8. The van der Waals surface area contributed by atoms with E-state index >= 15 is 0 Å². The average molecular weight is 424 g/mol. The lowest BCUT2D eigenvalue weighted by Gasteiger charge is -2.18. The van der Waals surface area contributed by atoms with Gasteiger partial charge in [-0.05, 0) is 54.6 Å². The van der Waals surface area contributed by atoms with Gasteiger partial charge in [-0.15, -0.1) is 0 Å². The summed E-state index contributed by atoms with van der Waals surface area (Å²) in [4.78, 5) is 18.5. The highest BCUT2D eigenvalue weighted by molar-refractivity contribution is 5.92. The van der Waals surface area contributed by atoms with Gasteiger partial charge in [0, 0.05) is 24.5 Å². The summed E-state index contributed by atoms with van der Waals surface area (Å²) in [6, 6.07) is 13.5. The van der Waals surface area contributed by atoms with Crippen LogP contribution in [0, 0.1) is 11.6 Å². The minimum atomic E-state index is -0.538. The quantitative estimate of drug-likeness (QED) is 0.465. The predicted molar refractivity (Wildman–Crippen MR) is 109 cm³/mol. The second-order valence-electron chi connectivity index (χ2n) is 6.72. The maximum atomic E-state index is 14.0. The Balaban J connectivity index is 1.54. The van der Waals surface area contributed by atoms with E-state index in [0.29, 0.717) is 16.9 Å². The van der Waals surface area contributed by atoms with Crippen LogP contribution >= 0.6 is 0 Å². The van der Waals surface area contributed by atoms with Gasteiger partial charge < -0.3 is 18.7 Å². The number of nitrogens with zero attached hydrogens (tertiary/aromatic N) is 4. The van der Waals surface area contributed by atoms with E-state index < -0.39 is 5.82 Å². The molecule has 31 heavy (non-hydrogen) atoms. The van der Waals surface area contributed by atoms with Gasteiger partial charge in [0.05, 0.1) is 7.11 Å². The lowest BCUT2D eigenvalue weighted by atomic mass is 10.2. The van der Waals surface area contributed by atoms with Crippen molar-refractivity contribution in [2.24, 2.45) is 0 Å². The number of aromatic nitrogens is 3. The van der Waals surface area contributed by atoms with Crippen LogP contribution in [0.2, 0.25) is 0 Å². The Morgan fingerprint density at radius 2 is 1.94 bits per heavy atom. The molecule has 0 saturated heterocycles. The maximum Gasteiger partial charge on any atom is 0.274 e. The lowest BCUT2D eigenvalue weighted by molar-refractivity contribution is -0.118. The van der Waals surface area contributed by atoms with Crippen molar-refractivity contribution in [2.75, 3.05) is 19.1 Å². The van der Waals surface area contributed by atoms with Gasteiger partial charge in [-0.25, -0.2) is 8.78 Å². The third-order valence-electron chi connectivity index (χ3n) is 4.78. The Labute approximate surface area is 176 Å². The first-order chi connectivity index (χ1) is 15.0. The molecular weight excluding hydrogens is 406 g/mol. The fraction of sp³-hybridized carbons (Fsp3) is 0.136. The van der Waals surface area contributed by atoms with Gasteiger partial charge in [0.2, 0.25) is 11.7 Å². The molecule has 0 atom stereocenters. The van der Waals surface area contributed by atoms with Crippen LogP contribution in [0.5, 0.6) is 5.75 Å². The summed E-state index contributed by atoms with van der Waals surface area (Å²) in [7, 11) is 3.00. The number of carbonyl (C=O) groups is 1. The Hall–Kier alpha value is -4.01. The largest absolute Gasteiger partial charge is 0.494 e. The molecule has 0 fully saturated rings. The Kier molecular flexibility index (Phi) is 5.48. The highest BCUT2D eigenvalue weighted by Crippen LogP contribution is 2.26. The molecule has 9 heteroatoms. The second-order valence-corrected chi connectivity index (χ2v) is 6.72. The first-order valence-electron chi connectivity index (χ1n) is 9.31. The molecule has 2 aromatic heterocycles. The number of benzene rings is 2. The van der Waals surface area contributed by atoms with E-state index in [-0.39, 0.29) is 35.7 Å². The van der Waals surface area contributed by atoms with Crippen LogP contribution < -0.4 is 9.64 Å². The number of hydrogen-bond acceptors (Lipinski definition) is 5. The van der Waals surface area contributed by atoms with E-state index in [0.717, 1.165) is 0 Å². The zero-order valence-corrected chi connectivity index (χ0v) is 16.8. The smallest absolute Gasteiger partial charge is 0.274 e. The number of likely N-dealkylation sites (N-methyl/N-ethyl adjacent to an activating group) is 1. The molecule has 0 spiro atoms. The van der Waals surface area contributed by atoms with Gasteiger partial charge in [-0.1, -0.05) is 5.16 Å². The van der Waals surface area contributed by atoms with E-state index in [4.69, 9.17) is 9.26 Å². The highest BCUT2D eigenvalue weighted by atomic mass is 19.1. The number of rotatable bonds is 6. The number of carbonyl (C=O) groups excluding carboxylic acids is 1. The summed E-state index contributed by atoms with van der Waals surface area (Å²) in [5.41, 5.74) is 1.54. The summed E-state index contributed by atoms with van der Waals surface area (Å²) in [5.74, 6) is -0.621. The molecule has 0 aliphatic rings. The van der Waals surface area contributed by atoms with Crippen LogP contribution in [0.25, 0.3) is 23.0 Å². The molecule has 0 bridgehead atoms. The molecule has 0 saturated carbocycles. The Bertz CT molecular complexity index is 1220. The van der Waals surface area contributed by atoms with Gasteiger partial charge in [-0.3, -0.25) is 4.79 Å². The standard InChI is InChI=1S/C22H18F2N4O3/c1-27(16-8-6-15(23)7-9-16)20(29)13-28-11-3-4-18(28)22-25-21(26-31-22)14-5-10-19(30-2)17(24)12-14/h3-12H,13H2,1-2H3. The molecule has 158 valence electrons. The monoisotopic (exact) mass is 424 g/mol. The van der Waals surface area contributed by atoms with Gasteiger partial charge in [0.25, 0.3) is 5.89 Å². The molecule has 2 aromatic carbocycles. The number of amides is 1. The topological polar surface area (TPSA) is 73.4 Å². The first kappa shape index (κ1) is 20.3. The number of hydrogen-bond donors (Lipinski definition) is 0. The number of ether oxygens (including phenoxy) is 1. The average Bonchev–Trinajstić information content (AvgIpc) is 3.43.